The third-order valence-electron chi connectivity index (χ3n) is 2.88. The second-order valence-corrected chi connectivity index (χ2v) is 5.95. The molecular weight excluding hydrogens is 275 g/mol. The molecule has 1 saturated heterocycles. The van der Waals surface area contributed by atoms with E-state index in [0.29, 0.717) is 0 Å². The zero-order valence-corrected chi connectivity index (χ0v) is 10.9. The predicted molar refractivity (Wildman–Crippen MR) is 68.0 cm³/mol. The average molecular weight is 289 g/mol. The van der Waals surface area contributed by atoms with Crippen LogP contribution in [0.2, 0.25) is 0 Å². The lowest BCUT2D eigenvalue weighted by molar-refractivity contribution is 0.219. The molecule has 0 radical (unpaired) electrons. The van der Waals surface area contributed by atoms with Gasteiger partial charge in [-0.3, -0.25) is 0 Å². The minimum absolute atomic E-state index is 0.213. The molecule has 0 aliphatic carbocycles. The van der Waals surface area contributed by atoms with Crippen LogP contribution in [0.5, 0.6) is 0 Å². The fraction of sp³-hybridized carbons (Fsp3) is 0.500. The highest BCUT2D eigenvalue weighted by Crippen LogP contribution is 2.38. The Hall–Kier alpha value is -0.0200. The van der Waals surface area contributed by atoms with Crippen molar-refractivity contribution in [1.82, 2.24) is 0 Å². The third-order valence-corrected chi connectivity index (χ3v) is 4.65. The zero-order chi connectivity index (χ0) is 10.7. The first-order chi connectivity index (χ1) is 7.29. The van der Waals surface area contributed by atoms with Gasteiger partial charge in [-0.05, 0) is 36.3 Å². The standard InChI is InChI=1S/C12H14BrFS/c13-11-4-2-1-3-10(11)12(14)9-5-7-15-8-6-9/h1-4,9,12H,5-8H2. The summed E-state index contributed by atoms with van der Waals surface area (Å²) in [5, 5.41) is 0. The number of hydrogen-bond acceptors (Lipinski definition) is 1. The lowest BCUT2D eigenvalue weighted by Gasteiger charge is -2.25. The fourth-order valence-corrected chi connectivity index (χ4v) is 3.61. The second kappa shape index (κ2) is 5.35. The van der Waals surface area contributed by atoms with E-state index < -0.39 is 6.17 Å². The van der Waals surface area contributed by atoms with Crippen LogP contribution in [0.1, 0.15) is 24.6 Å². The van der Waals surface area contributed by atoms with Crippen LogP contribution in [-0.4, -0.2) is 11.5 Å². The number of thioether (sulfide) groups is 1. The van der Waals surface area contributed by atoms with E-state index in [9.17, 15) is 4.39 Å². The molecule has 1 heterocycles. The summed E-state index contributed by atoms with van der Waals surface area (Å²) in [5.74, 6) is 2.43. The van der Waals surface area contributed by atoms with Crippen molar-refractivity contribution in [3.63, 3.8) is 0 Å². The minimum Gasteiger partial charge on any atom is -0.242 e. The largest absolute Gasteiger partial charge is 0.242 e. The van der Waals surface area contributed by atoms with Gasteiger partial charge in [0.05, 0.1) is 0 Å². The summed E-state index contributed by atoms with van der Waals surface area (Å²) < 4.78 is 15.1. The summed E-state index contributed by atoms with van der Waals surface area (Å²) in [5.41, 5.74) is 0.814. The van der Waals surface area contributed by atoms with E-state index in [0.717, 1.165) is 34.4 Å². The molecular formula is C12H14BrFS. The molecule has 1 aliphatic heterocycles. The Kier molecular flexibility index (Phi) is 4.09. The van der Waals surface area contributed by atoms with Crippen LogP contribution in [0.15, 0.2) is 28.7 Å². The summed E-state index contributed by atoms with van der Waals surface area (Å²) >= 11 is 5.36. The minimum atomic E-state index is -0.804. The molecule has 0 aromatic heterocycles. The number of alkyl halides is 1. The summed E-state index contributed by atoms with van der Waals surface area (Å²) in [6.45, 7) is 0. The van der Waals surface area contributed by atoms with Crippen molar-refractivity contribution in [3.05, 3.63) is 34.3 Å². The molecule has 1 atom stereocenters. The lowest BCUT2D eigenvalue weighted by Crippen LogP contribution is -2.15. The van der Waals surface area contributed by atoms with E-state index in [1.807, 2.05) is 36.0 Å². The molecule has 1 aliphatic rings. The maximum atomic E-state index is 14.2. The van der Waals surface area contributed by atoms with Gasteiger partial charge in [-0.2, -0.15) is 11.8 Å². The summed E-state index contributed by atoms with van der Waals surface area (Å²) in [6, 6.07) is 7.64. The van der Waals surface area contributed by atoms with E-state index in [2.05, 4.69) is 15.9 Å². The molecule has 3 heteroatoms. The maximum absolute atomic E-state index is 14.2. The van der Waals surface area contributed by atoms with Crippen molar-refractivity contribution in [2.45, 2.75) is 19.0 Å². The van der Waals surface area contributed by atoms with Crippen LogP contribution in [-0.2, 0) is 0 Å². The number of hydrogen-bond donors (Lipinski definition) is 0. The summed E-state index contributed by atoms with van der Waals surface area (Å²) in [4.78, 5) is 0. The quantitative estimate of drug-likeness (QED) is 0.766. The molecule has 1 fully saturated rings. The molecule has 1 aromatic rings. The number of benzene rings is 1. The van der Waals surface area contributed by atoms with Gasteiger partial charge in [-0.1, -0.05) is 34.1 Å². The Bertz CT molecular complexity index is 323. The van der Waals surface area contributed by atoms with Crippen molar-refractivity contribution < 1.29 is 4.39 Å². The molecule has 0 spiro atoms. The van der Waals surface area contributed by atoms with E-state index in [-0.39, 0.29) is 5.92 Å². The molecule has 0 nitrogen and oxygen atoms in total. The van der Waals surface area contributed by atoms with Gasteiger partial charge in [0, 0.05) is 10.0 Å². The smallest absolute Gasteiger partial charge is 0.129 e. The average Bonchev–Trinajstić information content (AvgIpc) is 2.30. The molecule has 82 valence electrons. The highest BCUT2D eigenvalue weighted by molar-refractivity contribution is 9.10. The normalized spacial score (nSPS) is 20.1. The van der Waals surface area contributed by atoms with Gasteiger partial charge in [0.2, 0.25) is 0 Å². The number of rotatable bonds is 2. The lowest BCUT2D eigenvalue weighted by atomic mass is 9.92. The van der Waals surface area contributed by atoms with Gasteiger partial charge >= 0.3 is 0 Å². The molecule has 15 heavy (non-hydrogen) atoms. The highest BCUT2D eigenvalue weighted by atomic mass is 79.9. The van der Waals surface area contributed by atoms with E-state index in [1.54, 1.807) is 0 Å². The van der Waals surface area contributed by atoms with E-state index in [4.69, 9.17) is 0 Å². The van der Waals surface area contributed by atoms with Crippen molar-refractivity contribution >= 4 is 27.7 Å². The third kappa shape index (κ3) is 2.76. The van der Waals surface area contributed by atoms with E-state index >= 15 is 0 Å². The molecule has 0 bridgehead atoms. The van der Waals surface area contributed by atoms with Gasteiger partial charge in [-0.25, -0.2) is 4.39 Å². The Morgan fingerprint density at radius 2 is 1.93 bits per heavy atom. The van der Waals surface area contributed by atoms with Gasteiger partial charge in [-0.15, -0.1) is 0 Å². The van der Waals surface area contributed by atoms with Gasteiger partial charge in [0.15, 0.2) is 0 Å². The molecule has 0 amide bonds. The predicted octanol–water partition coefficient (Wildman–Crippen LogP) is 4.60. The van der Waals surface area contributed by atoms with Gasteiger partial charge in [0.25, 0.3) is 0 Å². The summed E-state index contributed by atoms with van der Waals surface area (Å²) in [7, 11) is 0. The topological polar surface area (TPSA) is 0 Å². The van der Waals surface area contributed by atoms with Gasteiger partial charge < -0.3 is 0 Å². The molecule has 2 rings (SSSR count). The van der Waals surface area contributed by atoms with Gasteiger partial charge in [0.1, 0.15) is 6.17 Å². The molecule has 1 aromatic carbocycles. The first kappa shape index (κ1) is 11.5. The van der Waals surface area contributed by atoms with Crippen LogP contribution in [0.4, 0.5) is 4.39 Å². The number of halogens is 2. The Balaban J connectivity index is 2.12. The Morgan fingerprint density at radius 3 is 2.60 bits per heavy atom. The summed E-state index contributed by atoms with van der Waals surface area (Å²) in [6.07, 6.45) is 1.21. The molecule has 0 saturated carbocycles. The zero-order valence-electron chi connectivity index (χ0n) is 8.46. The second-order valence-electron chi connectivity index (χ2n) is 3.87. The van der Waals surface area contributed by atoms with Crippen molar-refractivity contribution in [1.29, 1.82) is 0 Å². The van der Waals surface area contributed by atoms with Crippen molar-refractivity contribution in [3.8, 4) is 0 Å². The first-order valence-corrected chi connectivity index (χ1v) is 7.20. The monoisotopic (exact) mass is 288 g/mol. The van der Waals surface area contributed by atoms with Crippen molar-refractivity contribution in [2.24, 2.45) is 5.92 Å². The first-order valence-electron chi connectivity index (χ1n) is 5.25. The SMILES string of the molecule is FC(c1ccccc1Br)C1CCSCC1. The van der Waals surface area contributed by atoms with Crippen LogP contribution < -0.4 is 0 Å². The van der Waals surface area contributed by atoms with E-state index in [1.165, 1.54) is 0 Å². The van der Waals surface area contributed by atoms with Crippen LogP contribution in [0.3, 0.4) is 0 Å². The van der Waals surface area contributed by atoms with Crippen molar-refractivity contribution in [2.75, 3.05) is 11.5 Å². The van der Waals surface area contributed by atoms with Crippen LogP contribution in [0, 0.1) is 5.92 Å². The molecule has 0 N–H and O–H groups in total. The van der Waals surface area contributed by atoms with Crippen LogP contribution >= 0.6 is 27.7 Å². The molecule has 1 unspecified atom stereocenters. The fourth-order valence-electron chi connectivity index (χ4n) is 1.96. The Morgan fingerprint density at radius 1 is 1.27 bits per heavy atom. The maximum Gasteiger partial charge on any atom is 0.129 e. The highest BCUT2D eigenvalue weighted by Gasteiger charge is 2.25. The van der Waals surface area contributed by atoms with Crippen LogP contribution in [0.25, 0.3) is 0 Å². The Labute approximate surface area is 103 Å².